The van der Waals surface area contributed by atoms with Gasteiger partial charge in [-0.25, -0.2) is 4.68 Å². The number of aromatic nitrogens is 4. The molecule has 1 heterocycles. The Morgan fingerprint density at radius 3 is 2.75 bits per heavy atom. The molecule has 0 aliphatic rings. The van der Waals surface area contributed by atoms with Gasteiger partial charge < -0.3 is 10.2 Å². The number of tetrazole rings is 1. The van der Waals surface area contributed by atoms with Crippen molar-refractivity contribution in [3.63, 3.8) is 0 Å². The van der Waals surface area contributed by atoms with Crippen LogP contribution in [0.3, 0.4) is 0 Å². The molecule has 2 amide bonds. The summed E-state index contributed by atoms with van der Waals surface area (Å²) >= 11 is 1.23. The van der Waals surface area contributed by atoms with Gasteiger partial charge in [0.25, 0.3) is 0 Å². The summed E-state index contributed by atoms with van der Waals surface area (Å²) in [6, 6.07) is 7.63. The zero-order valence-electron chi connectivity index (χ0n) is 13.9. The van der Waals surface area contributed by atoms with Gasteiger partial charge >= 0.3 is 0 Å². The predicted molar refractivity (Wildman–Crippen MR) is 91.6 cm³/mol. The van der Waals surface area contributed by atoms with Crippen molar-refractivity contribution in [2.45, 2.75) is 18.5 Å². The number of para-hydroxylation sites is 1. The maximum absolute atomic E-state index is 12.1. The lowest BCUT2D eigenvalue weighted by atomic mass is 10.1. The van der Waals surface area contributed by atoms with Crippen molar-refractivity contribution in [1.29, 1.82) is 0 Å². The second kappa shape index (κ2) is 8.44. The summed E-state index contributed by atoms with van der Waals surface area (Å²) in [5.41, 5.74) is 1.84. The first-order valence-electron chi connectivity index (χ1n) is 7.48. The van der Waals surface area contributed by atoms with Crippen LogP contribution in [0.4, 0.5) is 5.69 Å². The molecule has 24 heavy (non-hydrogen) atoms. The second-order valence-corrected chi connectivity index (χ2v) is 6.12. The van der Waals surface area contributed by atoms with E-state index in [-0.39, 0.29) is 24.1 Å². The monoisotopic (exact) mass is 348 g/mol. The smallest absolute Gasteiger partial charge is 0.243 e. The van der Waals surface area contributed by atoms with Crippen LogP contribution in [0.1, 0.15) is 12.5 Å². The quantitative estimate of drug-likeness (QED) is 0.749. The molecule has 0 aliphatic heterocycles. The molecule has 1 aromatic carbocycles. The minimum absolute atomic E-state index is 0.00545. The van der Waals surface area contributed by atoms with Gasteiger partial charge in [0.15, 0.2) is 0 Å². The summed E-state index contributed by atoms with van der Waals surface area (Å²) in [4.78, 5) is 25.6. The van der Waals surface area contributed by atoms with E-state index in [2.05, 4.69) is 20.8 Å². The van der Waals surface area contributed by atoms with Crippen LogP contribution in [0, 0.1) is 0 Å². The highest BCUT2D eigenvalue weighted by atomic mass is 32.2. The van der Waals surface area contributed by atoms with Crippen molar-refractivity contribution in [2.24, 2.45) is 7.05 Å². The fraction of sp³-hybridized carbons (Fsp3) is 0.400. The molecule has 0 spiro atoms. The molecular formula is C15H20N6O2S. The Hall–Kier alpha value is -2.42. The van der Waals surface area contributed by atoms with Crippen molar-refractivity contribution in [2.75, 3.05) is 24.7 Å². The van der Waals surface area contributed by atoms with Gasteiger partial charge in [0.05, 0.1) is 12.3 Å². The molecular weight excluding hydrogens is 328 g/mol. The summed E-state index contributed by atoms with van der Waals surface area (Å²) in [7, 11) is 3.30. The van der Waals surface area contributed by atoms with E-state index in [1.165, 1.54) is 21.3 Å². The van der Waals surface area contributed by atoms with Gasteiger partial charge in [-0.15, -0.1) is 5.10 Å². The third-order valence-electron chi connectivity index (χ3n) is 3.38. The molecule has 9 heteroatoms. The van der Waals surface area contributed by atoms with Crippen molar-refractivity contribution in [3.8, 4) is 0 Å². The van der Waals surface area contributed by atoms with Gasteiger partial charge in [0.1, 0.15) is 0 Å². The number of thioether (sulfide) groups is 1. The number of amides is 2. The topological polar surface area (TPSA) is 93.0 Å². The van der Waals surface area contributed by atoms with Gasteiger partial charge in [-0.3, -0.25) is 9.59 Å². The molecule has 0 unspecified atom stereocenters. The molecule has 0 aliphatic carbocycles. The fourth-order valence-electron chi connectivity index (χ4n) is 2.02. The Kier molecular flexibility index (Phi) is 6.30. The predicted octanol–water partition coefficient (Wildman–Crippen LogP) is 0.962. The molecule has 0 fully saturated rings. The van der Waals surface area contributed by atoms with E-state index in [4.69, 9.17) is 0 Å². The van der Waals surface area contributed by atoms with E-state index < -0.39 is 0 Å². The lowest BCUT2D eigenvalue weighted by Gasteiger charge is -2.17. The molecule has 0 saturated heterocycles. The first-order chi connectivity index (χ1) is 11.5. The van der Waals surface area contributed by atoms with Crippen molar-refractivity contribution in [1.82, 2.24) is 25.1 Å². The fourth-order valence-corrected chi connectivity index (χ4v) is 2.81. The van der Waals surface area contributed by atoms with Crippen LogP contribution in [-0.4, -0.2) is 56.3 Å². The SMILES string of the molecule is CCc1ccccc1NC(=O)CN(C)C(=O)CSc1nnnn1C. The highest BCUT2D eigenvalue weighted by Gasteiger charge is 2.15. The number of hydrogen-bond acceptors (Lipinski definition) is 6. The molecule has 2 rings (SSSR count). The standard InChI is InChI=1S/C15H20N6O2S/c1-4-11-7-5-6-8-12(11)16-13(22)9-20(2)14(23)10-24-15-17-18-19-21(15)3/h5-8H,4,9-10H2,1-3H3,(H,16,22). The van der Waals surface area contributed by atoms with Crippen LogP contribution in [0.2, 0.25) is 0 Å². The maximum Gasteiger partial charge on any atom is 0.243 e. The number of carbonyl (C=O) groups excluding carboxylic acids is 2. The van der Waals surface area contributed by atoms with Crippen LogP contribution < -0.4 is 5.32 Å². The molecule has 8 nitrogen and oxygen atoms in total. The van der Waals surface area contributed by atoms with Gasteiger partial charge in [-0.2, -0.15) is 0 Å². The van der Waals surface area contributed by atoms with Crippen LogP contribution in [-0.2, 0) is 23.1 Å². The number of nitrogens with zero attached hydrogens (tertiary/aromatic N) is 5. The number of rotatable bonds is 7. The molecule has 0 saturated carbocycles. The van der Waals surface area contributed by atoms with Crippen LogP contribution in [0.5, 0.6) is 0 Å². The zero-order chi connectivity index (χ0) is 17.5. The van der Waals surface area contributed by atoms with Crippen molar-refractivity contribution < 1.29 is 9.59 Å². The number of hydrogen-bond donors (Lipinski definition) is 1. The van der Waals surface area contributed by atoms with Crippen LogP contribution >= 0.6 is 11.8 Å². The number of anilines is 1. The Balaban J connectivity index is 1.84. The minimum Gasteiger partial charge on any atom is -0.336 e. The summed E-state index contributed by atoms with van der Waals surface area (Å²) in [5, 5.41) is 14.4. The van der Waals surface area contributed by atoms with E-state index in [0.717, 1.165) is 17.7 Å². The highest BCUT2D eigenvalue weighted by molar-refractivity contribution is 7.99. The molecule has 1 N–H and O–H groups in total. The lowest BCUT2D eigenvalue weighted by Crippen LogP contribution is -2.36. The summed E-state index contributed by atoms with van der Waals surface area (Å²) in [6.07, 6.45) is 0.827. The summed E-state index contributed by atoms with van der Waals surface area (Å²) in [6.45, 7) is 2.02. The molecule has 2 aromatic rings. The number of benzene rings is 1. The normalized spacial score (nSPS) is 10.5. The van der Waals surface area contributed by atoms with E-state index in [1.807, 2.05) is 31.2 Å². The molecule has 0 atom stereocenters. The first kappa shape index (κ1) is 17.9. The number of aryl methyl sites for hydroxylation is 2. The van der Waals surface area contributed by atoms with E-state index >= 15 is 0 Å². The molecule has 0 radical (unpaired) electrons. The third kappa shape index (κ3) is 4.79. The zero-order valence-corrected chi connectivity index (χ0v) is 14.7. The number of likely N-dealkylation sites (N-methyl/N-ethyl adjacent to an activating group) is 1. The maximum atomic E-state index is 12.1. The summed E-state index contributed by atoms with van der Waals surface area (Å²) in [5.74, 6) is -0.220. The molecule has 128 valence electrons. The number of carbonyl (C=O) groups is 2. The van der Waals surface area contributed by atoms with Crippen LogP contribution in [0.15, 0.2) is 29.4 Å². The van der Waals surface area contributed by atoms with Crippen LogP contribution in [0.25, 0.3) is 0 Å². The Morgan fingerprint density at radius 2 is 2.08 bits per heavy atom. The Morgan fingerprint density at radius 1 is 1.33 bits per heavy atom. The van der Waals surface area contributed by atoms with Gasteiger partial charge in [-0.05, 0) is 28.5 Å². The average Bonchev–Trinajstić information content (AvgIpc) is 2.98. The number of nitrogens with one attached hydrogen (secondary N) is 1. The van der Waals surface area contributed by atoms with Gasteiger partial charge in [-0.1, -0.05) is 36.9 Å². The molecule has 1 aromatic heterocycles. The highest BCUT2D eigenvalue weighted by Crippen LogP contribution is 2.15. The Bertz CT molecular complexity index is 717. The van der Waals surface area contributed by atoms with E-state index in [1.54, 1.807) is 14.1 Å². The van der Waals surface area contributed by atoms with Crippen molar-refractivity contribution in [3.05, 3.63) is 29.8 Å². The van der Waals surface area contributed by atoms with Crippen molar-refractivity contribution >= 4 is 29.3 Å². The Labute approximate surface area is 144 Å². The van der Waals surface area contributed by atoms with Gasteiger partial charge in [0.2, 0.25) is 17.0 Å². The minimum atomic E-state index is -0.225. The third-order valence-corrected chi connectivity index (χ3v) is 4.38. The largest absolute Gasteiger partial charge is 0.336 e. The van der Waals surface area contributed by atoms with E-state index in [9.17, 15) is 9.59 Å². The lowest BCUT2D eigenvalue weighted by molar-refractivity contribution is -0.131. The average molecular weight is 348 g/mol. The first-order valence-corrected chi connectivity index (χ1v) is 8.46. The summed E-state index contributed by atoms with van der Waals surface area (Å²) < 4.78 is 1.49. The van der Waals surface area contributed by atoms with E-state index in [0.29, 0.717) is 5.16 Å². The van der Waals surface area contributed by atoms with Gasteiger partial charge in [0, 0.05) is 19.8 Å². The molecule has 0 bridgehead atoms. The second-order valence-electron chi connectivity index (χ2n) is 5.18.